The van der Waals surface area contributed by atoms with Crippen LogP contribution in [-0.4, -0.2) is 82.7 Å². The largest absolute Gasteiger partial charge is 0.459 e. The molecule has 11 nitrogen and oxygen atoms in total. The van der Waals surface area contributed by atoms with E-state index in [0.717, 1.165) is 35.0 Å². The Morgan fingerprint density at radius 1 is 1.04 bits per heavy atom. The van der Waals surface area contributed by atoms with Gasteiger partial charge >= 0.3 is 0 Å². The molecule has 0 saturated carbocycles. The minimum absolute atomic E-state index is 0.0100. The summed E-state index contributed by atoms with van der Waals surface area (Å²) in [6.07, 6.45) is 2.18. The van der Waals surface area contributed by atoms with E-state index in [1.54, 1.807) is 4.68 Å². The number of carbonyl (C=O) groups is 1. The smallest absolute Gasteiger partial charge is 0.288 e. The molecule has 0 bridgehead atoms. The van der Waals surface area contributed by atoms with Gasteiger partial charge < -0.3 is 29.0 Å². The number of nitrogens with zero attached hydrogens (tertiary/aromatic N) is 4. The van der Waals surface area contributed by atoms with Crippen LogP contribution in [0.2, 0.25) is 0 Å². The van der Waals surface area contributed by atoms with Gasteiger partial charge in [-0.15, -0.1) is 0 Å². The number of aliphatic hydroxyl groups excluding tert-OH is 1. The van der Waals surface area contributed by atoms with Crippen LogP contribution in [-0.2, 0) is 27.9 Å². The Labute approximate surface area is 263 Å². The van der Waals surface area contributed by atoms with Crippen molar-refractivity contribution in [3.05, 3.63) is 87.5 Å². The number of aliphatic hydroxyl groups is 1. The van der Waals surface area contributed by atoms with E-state index in [9.17, 15) is 14.7 Å². The summed E-state index contributed by atoms with van der Waals surface area (Å²) in [4.78, 5) is 32.2. The predicted molar refractivity (Wildman–Crippen MR) is 167 cm³/mol. The zero-order chi connectivity index (χ0) is 31.5. The van der Waals surface area contributed by atoms with E-state index in [-0.39, 0.29) is 36.5 Å². The van der Waals surface area contributed by atoms with Gasteiger partial charge in [-0.1, -0.05) is 24.3 Å². The van der Waals surface area contributed by atoms with Crippen molar-refractivity contribution in [3.8, 4) is 17.2 Å². The number of allylic oxidation sites excluding steroid dienone is 1. The number of para-hydroxylation sites is 1. The summed E-state index contributed by atoms with van der Waals surface area (Å²) in [5.74, 6) is 0.841. The van der Waals surface area contributed by atoms with E-state index in [1.165, 1.54) is 0 Å². The number of piperazine rings is 1. The number of fused-ring (bicyclic) bond motifs is 1. The molecular weight excluding hydrogens is 576 g/mol. The third-order valence-corrected chi connectivity index (χ3v) is 9.06. The predicted octanol–water partition coefficient (Wildman–Crippen LogP) is 3.31. The number of amides is 1. The van der Waals surface area contributed by atoms with Gasteiger partial charge in [-0.05, 0) is 62.6 Å². The average molecular weight is 619 g/mol. The van der Waals surface area contributed by atoms with Crippen LogP contribution in [0.3, 0.4) is 0 Å². The molecule has 1 aromatic heterocycles. The molecular formula is C34H42N4O7. The SMILES string of the molecule is CCO[C@@H]1OC(C(=O)N2CCN(Cc3ccc4c(c3)OCO4)CC2)=C[C@H](c2c(C)n(C)n(-c3ccccc3)c2=O)[C@@H]1CCCO. The molecule has 11 heteroatoms. The van der Waals surface area contributed by atoms with E-state index in [0.29, 0.717) is 51.2 Å². The summed E-state index contributed by atoms with van der Waals surface area (Å²) in [6.45, 7) is 7.73. The molecule has 1 N–H and O–H groups in total. The molecule has 1 saturated heterocycles. The number of hydrogen-bond acceptors (Lipinski definition) is 8. The van der Waals surface area contributed by atoms with Crippen LogP contribution in [0.1, 0.15) is 42.5 Å². The molecule has 3 aromatic rings. The topological polar surface area (TPSA) is 108 Å². The lowest BCUT2D eigenvalue weighted by Crippen LogP contribution is -2.50. The highest BCUT2D eigenvalue weighted by atomic mass is 16.7. The van der Waals surface area contributed by atoms with Crippen LogP contribution in [0.4, 0.5) is 0 Å². The Morgan fingerprint density at radius 3 is 2.53 bits per heavy atom. The minimum Gasteiger partial charge on any atom is -0.459 e. The van der Waals surface area contributed by atoms with Crippen molar-refractivity contribution in [2.45, 2.75) is 45.4 Å². The highest BCUT2D eigenvalue weighted by Crippen LogP contribution is 2.40. The van der Waals surface area contributed by atoms with Crippen LogP contribution >= 0.6 is 0 Å². The van der Waals surface area contributed by atoms with Crippen LogP contribution in [0, 0.1) is 12.8 Å². The van der Waals surface area contributed by atoms with E-state index >= 15 is 0 Å². The molecule has 3 aliphatic rings. The minimum atomic E-state index is -0.730. The molecule has 0 radical (unpaired) electrons. The Morgan fingerprint density at radius 2 is 1.80 bits per heavy atom. The molecule has 1 amide bonds. The van der Waals surface area contributed by atoms with E-state index < -0.39 is 12.2 Å². The van der Waals surface area contributed by atoms with Gasteiger partial charge in [-0.2, -0.15) is 0 Å². The highest BCUT2D eigenvalue weighted by Gasteiger charge is 2.41. The average Bonchev–Trinajstić information content (AvgIpc) is 3.61. The second-order valence-corrected chi connectivity index (χ2v) is 11.8. The first-order valence-electron chi connectivity index (χ1n) is 15.7. The second-order valence-electron chi connectivity index (χ2n) is 11.8. The van der Waals surface area contributed by atoms with Crippen LogP contribution in [0.25, 0.3) is 5.69 Å². The summed E-state index contributed by atoms with van der Waals surface area (Å²) in [5, 5.41) is 9.70. The molecule has 0 aliphatic carbocycles. The summed E-state index contributed by atoms with van der Waals surface area (Å²) < 4.78 is 26.8. The van der Waals surface area contributed by atoms with Gasteiger partial charge in [0.15, 0.2) is 17.3 Å². The number of hydrogen-bond donors (Lipinski definition) is 1. The molecule has 3 atom stereocenters. The molecule has 0 unspecified atom stereocenters. The molecule has 1 fully saturated rings. The molecule has 4 heterocycles. The van der Waals surface area contributed by atoms with Crippen molar-refractivity contribution in [1.29, 1.82) is 0 Å². The van der Waals surface area contributed by atoms with Gasteiger partial charge in [0.05, 0.1) is 5.69 Å². The van der Waals surface area contributed by atoms with Crippen LogP contribution in [0.5, 0.6) is 11.5 Å². The van der Waals surface area contributed by atoms with Crippen LogP contribution in [0.15, 0.2) is 65.2 Å². The van der Waals surface area contributed by atoms with Crippen molar-refractivity contribution in [2.75, 3.05) is 46.2 Å². The van der Waals surface area contributed by atoms with Gasteiger partial charge in [0.1, 0.15) is 0 Å². The van der Waals surface area contributed by atoms with Crippen molar-refractivity contribution < 1.29 is 28.8 Å². The third-order valence-electron chi connectivity index (χ3n) is 9.06. The Bertz CT molecular complexity index is 1590. The summed E-state index contributed by atoms with van der Waals surface area (Å²) in [5.41, 5.74) is 3.17. The molecule has 6 rings (SSSR count). The molecule has 0 spiro atoms. The lowest BCUT2D eigenvalue weighted by molar-refractivity contribution is -0.171. The van der Waals surface area contributed by atoms with Gasteiger partial charge in [0.25, 0.3) is 11.5 Å². The van der Waals surface area contributed by atoms with Crippen LogP contribution < -0.4 is 15.0 Å². The fourth-order valence-corrected chi connectivity index (χ4v) is 6.63. The summed E-state index contributed by atoms with van der Waals surface area (Å²) in [7, 11) is 1.87. The lowest BCUT2D eigenvalue weighted by atomic mass is 9.80. The molecule has 2 aromatic carbocycles. The quantitative estimate of drug-likeness (QED) is 0.369. The number of aromatic nitrogens is 2. The number of ether oxygens (including phenoxy) is 4. The van der Waals surface area contributed by atoms with E-state index in [4.69, 9.17) is 18.9 Å². The van der Waals surface area contributed by atoms with Gasteiger partial charge in [0, 0.05) is 76.1 Å². The fourth-order valence-electron chi connectivity index (χ4n) is 6.63. The van der Waals surface area contributed by atoms with Crippen molar-refractivity contribution >= 4 is 5.91 Å². The first-order chi connectivity index (χ1) is 21.9. The summed E-state index contributed by atoms with van der Waals surface area (Å²) in [6, 6.07) is 15.5. The number of benzene rings is 2. The maximum Gasteiger partial charge on any atom is 0.288 e. The van der Waals surface area contributed by atoms with E-state index in [2.05, 4.69) is 4.90 Å². The maximum absolute atomic E-state index is 14.1. The van der Waals surface area contributed by atoms with Crippen molar-refractivity contribution in [1.82, 2.24) is 19.2 Å². The first-order valence-corrected chi connectivity index (χ1v) is 15.7. The molecule has 240 valence electrons. The molecule has 45 heavy (non-hydrogen) atoms. The highest BCUT2D eigenvalue weighted by molar-refractivity contribution is 5.92. The van der Waals surface area contributed by atoms with Gasteiger partial charge in [0.2, 0.25) is 13.1 Å². The van der Waals surface area contributed by atoms with Crippen molar-refractivity contribution in [3.63, 3.8) is 0 Å². The maximum atomic E-state index is 14.1. The standard InChI is InChI=1S/C34H42N4O7/c1-4-42-34-26(11-8-18-39)27(31-23(2)35(3)38(33(31)41)25-9-6-5-7-10-25)20-30(45-34)32(40)37-16-14-36(15-17-37)21-24-12-13-28-29(19-24)44-22-43-28/h5-7,9-10,12-13,19-20,26-27,34,39H,4,8,11,14-18,21-22H2,1-3H3/t26-,27-,34+/m0/s1. The molecule has 3 aliphatic heterocycles. The first kappa shape index (κ1) is 30.9. The van der Waals surface area contributed by atoms with Gasteiger partial charge in [-0.3, -0.25) is 19.2 Å². The number of rotatable bonds is 10. The fraction of sp³-hybridized carbons (Fsp3) is 0.471. The normalized spacial score (nSPS) is 21.5. The monoisotopic (exact) mass is 618 g/mol. The Kier molecular flexibility index (Phi) is 9.29. The Hall–Kier alpha value is -4.06. The zero-order valence-electron chi connectivity index (χ0n) is 26.2. The third kappa shape index (κ3) is 6.25. The number of carbonyl (C=O) groups excluding carboxylic acids is 1. The summed E-state index contributed by atoms with van der Waals surface area (Å²) >= 11 is 0. The van der Waals surface area contributed by atoms with E-state index in [1.807, 2.05) is 85.1 Å². The van der Waals surface area contributed by atoms with Crippen molar-refractivity contribution in [2.24, 2.45) is 13.0 Å². The Balaban J connectivity index is 1.25. The van der Waals surface area contributed by atoms with Gasteiger partial charge in [-0.25, -0.2) is 4.68 Å². The second kappa shape index (κ2) is 13.5. The lowest BCUT2D eigenvalue weighted by Gasteiger charge is -2.39. The zero-order valence-corrected chi connectivity index (χ0v) is 26.2.